The summed E-state index contributed by atoms with van der Waals surface area (Å²) in [6, 6.07) is 4.88. The van der Waals surface area contributed by atoms with Crippen LogP contribution in [-0.4, -0.2) is 40.8 Å². The van der Waals surface area contributed by atoms with Gasteiger partial charge in [0.25, 0.3) is 0 Å². The van der Waals surface area contributed by atoms with Crippen molar-refractivity contribution in [2.75, 3.05) is 26.3 Å². The van der Waals surface area contributed by atoms with Gasteiger partial charge in [-0.05, 0) is 37.1 Å². The number of benzene rings is 1. The van der Waals surface area contributed by atoms with Gasteiger partial charge in [0, 0.05) is 18.5 Å². The molecule has 0 bridgehead atoms. The fourth-order valence-corrected chi connectivity index (χ4v) is 4.50. The van der Waals surface area contributed by atoms with E-state index >= 15 is 0 Å². The molecule has 8 heteroatoms. The summed E-state index contributed by atoms with van der Waals surface area (Å²) in [5, 5.41) is 3.25. The number of nitrogens with one attached hydrogen (secondary N) is 2. The molecule has 0 aromatic heterocycles. The molecule has 1 saturated carbocycles. The molecule has 4 rings (SSSR count). The summed E-state index contributed by atoms with van der Waals surface area (Å²) in [7, 11) is -3.50. The molecule has 2 atom stereocenters. The van der Waals surface area contributed by atoms with Gasteiger partial charge in [0.2, 0.25) is 10.0 Å². The highest BCUT2D eigenvalue weighted by Gasteiger charge is 2.54. The molecule has 2 aliphatic heterocycles. The molecule has 2 fully saturated rings. The van der Waals surface area contributed by atoms with E-state index < -0.39 is 10.0 Å². The zero-order chi connectivity index (χ0) is 14.4. The molecule has 1 aliphatic carbocycles. The Hall–Kier alpha value is -1.02. The van der Waals surface area contributed by atoms with Crippen molar-refractivity contribution in [2.45, 2.75) is 17.4 Å². The monoisotopic (exact) mass is 346 g/mol. The van der Waals surface area contributed by atoms with Gasteiger partial charge < -0.3 is 14.8 Å². The number of piperidine rings is 1. The highest BCUT2D eigenvalue weighted by molar-refractivity contribution is 7.89. The van der Waals surface area contributed by atoms with Crippen LogP contribution in [0.5, 0.6) is 11.5 Å². The Morgan fingerprint density at radius 2 is 1.77 bits per heavy atom. The van der Waals surface area contributed by atoms with Crippen molar-refractivity contribution in [1.82, 2.24) is 10.0 Å². The molecular weight excluding hydrogens is 328 g/mol. The first-order valence-electron chi connectivity index (χ1n) is 7.28. The smallest absolute Gasteiger partial charge is 0.240 e. The van der Waals surface area contributed by atoms with Crippen LogP contribution in [0.25, 0.3) is 0 Å². The third-order valence-corrected chi connectivity index (χ3v) is 5.87. The van der Waals surface area contributed by atoms with Crippen LogP contribution in [-0.2, 0) is 10.0 Å². The van der Waals surface area contributed by atoms with E-state index in [2.05, 4.69) is 10.0 Å². The van der Waals surface area contributed by atoms with Gasteiger partial charge in [-0.15, -0.1) is 12.4 Å². The minimum absolute atomic E-state index is 0. The van der Waals surface area contributed by atoms with E-state index in [0.717, 1.165) is 19.5 Å². The third kappa shape index (κ3) is 2.78. The van der Waals surface area contributed by atoms with E-state index in [1.807, 2.05) is 0 Å². The normalized spacial score (nSPS) is 29.2. The number of hydrogen-bond donors (Lipinski definition) is 2. The largest absolute Gasteiger partial charge is 0.490 e. The summed E-state index contributed by atoms with van der Waals surface area (Å²) in [5.74, 6) is 2.01. The molecular formula is C14H19ClN2O4S. The summed E-state index contributed by atoms with van der Waals surface area (Å²) < 4.78 is 38.8. The van der Waals surface area contributed by atoms with Gasteiger partial charge in [-0.1, -0.05) is 0 Å². The molecule has 0 radical (unpaired) electrons. The summed E-state index contributed by atoms with van der Waals surface area (Å²) >= 11 is 0. The molecule has 1 aromatic rings. The van der Waals surface area contributed by atoms with Crippen molar-refractivity contribution in [1.29, 1.82) is 0 Å². The number of fused-ring (bicyclic) bond motifs is 2. The molecule has 22 heavy (non-hydrogen) atoms. The SMILES string of the molecule is Cl.O=S(=O)(NC1C2CNCC21)c1ccc2c(c1)OCCCO2. The number of halogens is 1. The molecule has 2 unspecified atom stereocenters. The van der Waals surface area contributed by atoms with Crippen LogP contribution in [0.1, 0.15) is 6.42 Å². The Labute approximate surface area is 136 Å². The lowest BCUT2D eigenvalue weighted by atomic mass is 10.3. The van der Waals surface area contributed by atoms with Crippen LogP contribution in [0.3, 0.4) is 0 Å². The van der Waals surface area contributed by atoms with E-state index in [4.69, 9.17) is 9.47 Å². The minimum atomic E-state index is -3.50. The molecule has 122 valence electrons. The second kappa shape index (κ2) is 5.88. The summed E-state index contributed by atoms with van der Waals surface area (Å²) in [5.41, 5.74) is 0. The predicted molar refractivity (Wildman–Crippen MR) is 83.3 cm³/mol. The second-order valence-corrected chi connectivity index (χ2v) is 7.51. The molecule has 2 N–H and O–H groups in total. The highest BCUT2D eigenvalue weighted by Crippen LogP contribution is 2.42. The van der Waals surface area contributed by atoms with Crippen molar-refractivity contribution in [2.24, 2.45) is 11.8 Å². The third-order valence-electron chi connectivity index (χ3n) is 4.41. The first-order chi connectivity index (χ1) is 10.1. The lowest BCUT2D eigenvalue weighted by molar-refractivity contribution is 0.297. The van der Waals surface area contributed by atoms with Crippen molar-refractivity contribution >= 4 is 22.4 Å². The van der Waals surface area contributed by atoms with Crippen LogP contribution in [0.4, 0.5) is 0 Å². The van der Waals surface area contributed by atoms with E-state index in [1.165, 1.54) is 0 Å². The van der Waals surface area contributed by atoms with Gasteiger partial charge in [-0.3, -0.25) is 0 Å². The molecule has 6 nitrogen and oxygen atoms in total. The Morgan fingerprint density at radius 1 is 1.09 bits per heavy atom. The van der Waals surface area contributed by atoms with E-state index in [-0.39, 0.29) is 23.3 Å². The Bertz CT molecular complexity index is 657. The van der Waals surface area contributed by atoms with Gasteiger partial charge in [0.1, 0.15) is 0 Å². The van der Waals surface area contributed by atoms with Gasteiger partial charge in [0.05, 0.1) is 18.1 Å². The summed E-state index contributed by atoms with van der Waals surface area (Å²) in [4.78, 5) is 0.240. The maximum absolute atomic E-state index is 12.5. The van der Waals surface area contributed by atoms with Crippen molar-refractivity contribution in [3.63, 3.8) is 0 Å². The van der Waals surface area contributed by atoms with Crippen LogP contribution < -0.4 is 19.5 Å². The Morgan fingerprint density at radius 3 is 2.50 bits per heavy atom. The second-order valence-electron chi connectivity index (χ2n) is 5.79. The van der Waals surface area contributed by atoms with Crippen LogP contribution in [0.2, 0.25) is 0 Å². The molecule has 3 aliphatic rings. The number of ether oxygens (including phenoxy) is 2. The first kappa shape index (κ1) is 15.9. The van der Waals surface area contributed by atoms with Crippen LogP contribution in [0.15, 0.2) is 23.1 Å². The summed E-state index contributed by atoms with van der Waals surface area (Å²) in [6.45, 7) is 2.94. The standard InChI is InChI=1S/C14H18N2O4S.ClH/c17-21(18,16-14-10-7-15-8-11(10)14)9-2-3-12-13(6-9)20-5-1-4-19-12;/h2-3,6,10-11,14-16H,1,4-5,7-8H2;1H. The zero-order valence-corrected chi connectivity index (χ0v) is 13.6. The average Bonchev–Trinajstić information content (AvgIpc) is 2.95. The molecule has 0 amide bonds. The molecule has 1 aromatic carbocycles. The number of sulfonamides is 1. The minimum Gasteiger partial charge on any atom is -0.490 e. The van der Waals surface area contributed by atoms with Crippen molar-refractivity contribution < 1.29 is 17.9 Å². The van der Waals surface area contributed by atoms with Gasteiger partial charge in [-0.25, -0.2) is 13.1 Å². The first-order valence-corrected chi connectivity index (χ1v) is 8.76. The molecule has 1 saturated heterocycles. The van der Waals surface area contributed by atoms with Crippen LogP contribution in [0, 0.1) is 11.8 Å². The average molecular weight is 347 g/mol. The maximum atomic E-state index is 12.5. The molecule has 0 spiro atoms. The molecule has 2 heterocycles. The van der Waals surface area contributed by atoms with E-state index in [0.29, 0.717) is 36.5 Å². The summed E-state index contributed by atoms with van der Waals surface area (Å²) in [6.07, 6.45) is 0.799. The number of rotatable bonds is 3. The van der Waals surface area contributed by atoms with E-state index in [9.17, 15) is 8.42 Å². The van der Waals surface area contributed by atoms with Gasteiger partial charge in [-0.2, -0.15) is 0 Å². The number of hydrogen-bond acceptors (Lipinski definition) is 5. The zero-order valence-electron chi connectivity index (χ0n) is 11.9. The Kier molecular flexibility index (Phi) is 4.24. The fourth-order valence-electron chi connectivity index (χ4n) is 3.15. The van der Waals surface area contributed by atoms with Gasteiger partial charge >= 0.3 is 0 Å². The van der Waals surface area contributed by atoms with Gasteiger partial charge in [0.15, 0.2) is 11.5 Å². The topological polar surface area (TPSA) is 76.7 Å². The Balaban J connectivity index is 0.00000144. The predicted octanol–water partition coefficient (Wildman–Crippen LogP) is 0.766. The fraction of sp³-hybridized carbons (Fsp3) is 0.571. The van der Waals surface area contributed by atoms with Crippen LogP contribution >= 0.6 is 12.4 Å². The lowest BCUT2D eigenvalue weighted by Crippen LogP contribution is -2.32. The lowest BCUT2D eigenvalue weighted by Gasteiger charge is -2.12. The van der Waals surface area contributed by atoms with Crippen molar-refractivity contribution in [3.8, 4) is 11.5 Å². The van der Waals surface area contributed by atoms with Crippen molar-refractivity contribution in [3.05, 3.63) is 18.2 Å². The quantitative estimate of drug-likeness (QED) is 0.845. The highest BCUT2D eigenvalue weighted by atomic mass is 35.5. The van der Waals surface area contributed by atoms with E-state index in [1.54, 1.807) is 18.2 Å². The maximum Gasteiger partial charge on any atom is 0.240 e.